The van der Waals surface area contributed by atoms with Gasteiger partial charge in [-0.05, 0) is 43.4 Å². The summed E-state index contributed by atoms with van der Waals surface area (Å²) in [6.45, 7) is 10.1. The lowest BCUT2D eigenvalue weighted by atomic mass is 9.92. The molecule has 1 atom stereocenters. The number of rotatable bonds is 8. The highest BCUT2D eigenvalue weighted by molar-refractivity contribution is 5.25. The monoisotopic (exact) mass is 247 g/mol. The van der Waals surface area contributed by atoms with Gasteiger partial charge in [-0.3, -0.25) is 0 Å². The average molecular weight is 247 g/mol. The van der Waals surface area contributed by atoms with Crippen molar-refractivity contribution in [1.29, 1.82) is 0 Å². The van der Waals surface area contributed by atoms with Crippen molar-refractivity contribution >= 4 is 0 Å². The predicted octanol–water partition coefficient (Wildman–Crippen LogP) is 4.34. The molecule has 0 saturated carbocycles. The molecule has 0 aliphatic rings. The van der Waals surface area contributed by atoms with E-state index in [9.17, 15) is 0 Å². The Labute approximate surface area is 113 Å². The van der Waals surface area contributed by atoms with Crippen LogP contribution in [0.25, 0.3) is 0 Å². The van der Waals surface area contributed by atoms with Gasteiger partial charge in [-0.1, -0.05) is 57.9 Å². The van der Waals surface area contributed by atoms with Crippen LogP contribution in [0.1, 0.15) is 51.2 Å². The van der Waals surface area contributed by atoms with Crippen molar-refractivity contribution in [2.45, 2.75) is 59.4 Å². The minimum atomic E-state index is 0.589. The Hall–Kier alpha value is -0.820. The Bertz CT molecular complexity index is 330. The second-order valence-electron chi connectivity index (χ2n) is 5.70. The molecule has 1 heteroatoms. The number of benzene rings is 1. The lowest BCUT2D eigenvalue weighted by Gasteiger charge is -2.20. The lowest BCUT2D eigenvalue weighted by molar-refractivity contribution is 0.410. The second kappa shape index (κ2) is 8.31. The standard InChI is InChI=1S/C17H29N/c1-5-6-10-16(13-18-14(2)3)12-17-11-8-7-9-15(17)4/h7-9,11,14,16,18H,5-6,10,12-13H2,1-4H3. The van der Waals surface area contributed by atoms with Gasteiger partial charge < -0.3 is 5.32 Å². The van der Waals surface area contributed by atoms with Gasteiger partial charge in [0, 0.05) is 6.04 Å². The zero-order valence-electron chi connectivity index (χ0n) is 12.5. The summed E-state index contributed by atoms with van der Waals surface area (Å²) in [5, 5.41) is 3.59. The van der Waals surface area contributed by atoms with E-state index in [2.05, 4.69) is 57.3 Å². The molecule has 0 aromatic heterocycles. The average Bonchev–Trinajstić information content (AvgIpc) is 2.35. The largest absolute Gasteiger partial charge is 0.314 e. The molecule has 18 heavy (non-hydrogen) atoms. The molecule has 1 N–H and O–H groups in total. The summed E-state index contributed by atoms with van der Waals surface area (Å²) in [6, 6.07) is 9.39. The molecule has 0 saturated heterocycles. The molecule has 1 aromatic rings. The fourth-order valence-corrected chi connectivity index (χ4v) is 2.32. The van der Waals surface area contributed by atoms with E-state index in [0.717, 1.165) is 12.5 Å². The Balaban J connectivity index is 2.56. The van der Waals surface area contributed by atoms with E-state index in [0.29, 0.717) is 6.04 Å². The van der Waals surface area contributed by atoms with Crippen molar-refractivity contribution in [3.05, 3.63) is 35.4 Å². The summed E-state index contributed by atoms with van der Waals surface area (Å²) in [7, 11) is 0. The molecule has 1 aromatic carbocycles. The van der Waals surface area contributed by atoms with Crippen LogP contribution in [0.5, 0.6) is 0 Å². The van der Waals surface area contributed by atoms with Crippen molar-refractivity contribution in [3.63, 3.8) is 0 Å². The first-order valence-electron chi connectivity index (χ1n) is 7.41. The molecule has 0 radical (unpaired) electrons. The maximum absolute atomic E-state index is 3.59. The van der Waals surface area contributed by atoms with E-state index in [1.54, 1.807) is 0 Å². The smallest absolute Gasteiger partial charge is 0.00104 e. The van der Waals surface area contributed by atoms with E-state index >= 15 is 0 Å². The second-order valence-corrected chi connectivity index (χ2v) is 5.70. The molecule has 0 heterocycles. The Morgan fingerprint density at radius 3 is 2.50 bits per heavy atom. The third-order valence-electron chi connectivity index (χ3n) is 3.55. The Morgan fingerprint density at radius 1 is 1.17 bits per heavy atom. The summed E-state index contributed by atoms with van der Waals surface area (Å²) in [5.74, 6) is 0.772. The van der Waals surface area contributed by atoms with Gasteiger partial charge in [-0.2, -0.15) is 0 Å². The molecule has 102 valence electrons. The highest BCUT2D eigenvalue weighted by atomic mass is 14.9. The van der Waals surface area contributed by atoms with Crippen LogP contribution >= 0.6 is 0 Å². The molecule has 0 spiro atoms. The minimum Gasteiger partial charge on any atom is -0.314 e. The van der Waals surface area contributed by atoms with E-state index in [-0.39, 0.29) is 0 Å². The third kappa shape index (κ3) is 5.68. The number of unbranched alkanes of at least 4 members (excludes halogenated alkanes) is 1. The topological polar surface area (TPSA) is 12.0 Å². The molecule has 1 nitrogen and oxygen atoms in total. The van der Waals surface area contributed by atoms with Crippen molar-refractivity contribution < 1.29 is 0 Å². The summed E-state index contributed by atoms with van der Waals surface area (Å²) in [4.78, 5) is 0. The van der Waals surface area contributed by atoms with Gasteiger partial charge in [-0.15, -0.1) is 0 Å². The van der Waals surface area contributed by atoms with E-state index in [1.165, 1.54) is 36.8 Å². The van der Waals surface area contributed by atoms with Gasteiger partial charge in [-0.25, -0.2) is 0 Å². The Morgan fingerprint density at radius 2 is 1.89 bits per heavy atom. The fourth-order valence-electron chi connectivity index (χ4n) is 2.32. The molecule has 0 amide bonds. The first kappa shape index (κ1) is 15.2. The van der Waals surface area contributed by atoms with Crippen molar-refractivity contribution in [2.24, 2.45) is 5.92 Å². The quantitative estimate of drug-likeness (QED) is 0.720. The number of hydrogen-bond acceptors (Lipinski definition) is 1. The fraction of sp³-hybridized carbons (Fsp3) is 0.647. The van der Waals surface area contributed by atoms with Crippen molar-refractivity contribution in [3.8, 4) is 0 Å². The van der Waals surface area contributed by atoms with E-state index in [1.807, 2.05) is 0 Å². The van der Waals surface area contributed by atoms with Gasteiger partial charge in [0.2, 0.25) is 0 Å². The van der Waals surface area contributed by atoms with Crippen LogP contribution in [0.3, 0.4) is 0 Å². The first-order valence-corrected chi connectivity index (χ1v) is 7.41. The first-order chi connectivity index (χ1) is 8.63. The summed E-state index contributed by atoms with van der Waals surface area (Å²) >= 11 is 0. The molecule has 0 bridgehead atoms. The minimum absolute atomic E-state index is 0.589. The van der Waals surface area contributed by atoms with Crippen LogP contribution in [-0.2, 0) is 6.42 Å². The number of nitrogens with one attached hydrogen (secondary N) is 1. The summed E-state index contributed by atoms with van der Waals surface area (Å²) in [5.41, 5.74) is 2.95. The highest BCUT2D eigenvalue weighted by Crippen LogP contribution is 2.17. The van der Waals surface area contributed by atoms with Crippen LogP contribution in [0.4, 0.5) is 0 Å². The highest BCUT2D eigenvalue weighted by Gasteiger charge is 2.11. The number of hydrogen-bond donors (Lipinski definition) is 1. The predicted molar refractivity (Wildman–Crippen MR) is 81.0 cm³/mol. The maximum Gasteiger partial charge on any atom is 0.00104 e. The van der Waals surface area contributed by atoms with Crippen LogP contribution < -0.4 is 5.32 Å². The van der Waals surface area contributed by atoms with Gasteiger partial charge in [0.1, 0.15) is 0 Å². The SMILES string of the molecule is CCCCC(CNC(C)C)Cc1ccccc1C. The van der Waals surface area contributed by atoms with E-state index in [4.69, 9.17) is 0 Å². The normalized spacial score (nSPS) is 12.9. The summed E-state index contributed by atoms with van der Waals surface area (Å²) in [6.07, 6.45) is 5.19. The van der Waals surface area contributed by atoms with Gasteiger partial charge in [0.25, 0.3) is 0 Å². The van der Waals surface area contributed by atoms with Crippen LogP contribution in [0.15, 0.2) is 24.3 Å². The third-order valence-corrected chi connectivity index (χ3v) is 3.55. The molecule has 0 fully saturated rings. The van der Waals surface area contributed by atoms with Gasteiger partial charge in [0.15, 0.2) is 0 Å². The molecular formula is C17H29N. The zero-order valence-corrected chi connectivity index (χ0v) is 12.5. The van der Waals surface area contributed by atoms with Gasteiger partial charge in [0.05, 0.1) is 0 Å². The van der Waals surface area contributed by atoms with Gasteiger partial charge >= 0.3 is 0 Å². The molecule has 0 aliphatic heterocycles. The summed E-state index contributed by atoms with van der Waals surface area (Å²) < 4.78 is 0. The molecular weight excluding hydrogens is 218 g/mol. The zero-order chi connectivity index (χ0) is 13.4. The van der Waals surface area contributed by atoms with Crippen LogP contribution in [-0.4, -0.2) is 12.6 Å². The van der Waals surface area contributed by atoms with Crippen LogP contribution in [0.2, 0.25) is 0 Å². The number of aryl methyl sites for hydroxylation is 1. The van der Waals surface area contributed by atoms with Crippen molar-refractivity contribution in [2.75, 3.05) is 6.54 Å². The molecule has 1 unspecified atom stereocenters. The lowest BCUT2D eigenvalue weighted by Crippen LogP contribution is -2.30. The molecule has 1 rings (SSSR count). The Kier molecular flexibility index (Phi) is 7.04. The van der Waals surface area contributed by atoms with E-state index < -0.39 is 0 Å². The van der Waals surface area contributed by atoms with Crippen molar-refractivity contribution in [1.82, 2.24) is 5.32 Å². The maximum atomic E-state index is 3.59. The van der Waals surface area contributed by atoms with Crippen LogP contribution in [0, 0.1) is 12.8 Å². The molecule has 0 aliphatic carbocycles.